The van der Waals surface area contributed by atoms with Crippen molar-refractivity contribution < 1.29 is 9.53 Å². The lowest BCUT2D eigenvalue weighted by Crippen LogP contribution is -2.47. The Labute approximate surface area is 156 Å². The maximum Gasteiger partial charge on any atom is 0.223 e. The maximum atomic E-state index is 12.7. The van der Waals surface area contributed by atoms with Gasteiger partial charge in [-0.25, -0.2) is 9.97 Å². The average molecular weight is 361 g/mol. The van der Waals surface area contributed by atoms with Crippen LogP contribution in [-0.2, 0) is 22.5 Å². The van der Waals surface area contributed by atoms with Crippen LogP contribution in [0.2, 0.25) is 0 Å². The molecule has 0 N–H and O–H groups in total. The van der Waals surface area contributed by atoms with E-state index in [1.165, 1.54) is 0 Å². The van der Waals surface area contributed by atoms with Gasteiger partial charge in [-0.05, 0) is 26.2 Å². The molecular weight excluding hydrogens is 328 g/mol. The second-order valence-electron chi connectivity index (χ2n) is 8.98. The number of hydrogen-bond donors (Lipinski definition) is 0. The first-order valence-corrected chi connectivity index (χ1v) is 9.67. The molecule has 3 heterocycles. The van der Waals surface area contributed by atoms with Gasteiger partial charge in [-0.2, -0.15) is 0 Å². The fourth-order valence-electron chi connectivity index (χ4n) is 3.91. The quantitative estimate of drug-likeness (QED) is 0.812. The van der Waals surface area contributed by atoms with Gasteiger partial charge in [-0.3, -0.25) is 4.79 Å². The zero-order chi connectivity index (χ0) is 19.1. The Bertz CT molecular complexity index is 673. The second kappa shape index (κ2) is 7.14. The summed E-state index contributed by atoms with van der Waals surface area (Å²) in [5, 5.41) is 0. The predicted octanol–water partition coefficient (Wildman–Crippen LogP) is 2.72. The van der Waals surface area contributed by atoms with E-state index >= 15 is 0 Å². The highest BCUT2D eigenvalue weighted by Crippen LogP contribution is 2.30. The van der Waals surface area contributed by atoms with Gasteiger partial charge in [0.2, 0.25) is 5.91 Å². The van der Waals surface area contributed by atoms with Gasteiger partial charge in [-0.15, -0.1) is 0 Å². The molecule has 0 aliphatic carbocycles. The van der Waals surface area contributed by atoms with Crippen LogP contribution >= 0.6 is 0 Å². The van der Waals surface area contributed by atoms with Gasteiger partial charge in [0.25, 0.3) is 0 Å². The molecule has 26 heavy (non-hydrogen) atoms. The summed E-state index contributed by atoms with van der Waals surface area (Å²) in [6.07, 6.45) is 1.71. The molecule has 0 spiro atoms. The van der Waals surface area contributed by atoms with Gasteiger partial charge in [0.1, 0.15) is 11.6 Å². The number of fused-ring (bicyclic) bond motifs is 1. The Morgan fingerprint density at radius 1 is 1.19 bits per heavy atom. The topological polar surface area (TPSA) is 58.6 Å². The van der Waals surface area contributed by atoms with Crippen molar-refractivity contribution in [2.24, 2.45) is 5.41 Å². The lowest BCUT2D eigenvalue weighted by atomic mass is 9.91. The minimum Gasteiger partial charge on any atom is -0.372 e. The van der Waals surface area contributed by atoms with E-state index in [2.05, 4.69) is 44.5 Å². The Morgan fingerprint density at radius 3 is 2.46 bits per heavy atom. The molecule has 1 fully saturated rings. The number of carbonyl (C=O) groups excluding carboxylic acids is 1. The number of aryl methyl sites for hydroxylation is 1. The van der Waals surface area contributed by atoms with Crippen molar-refractivity contribution in [3.8, 4) is 0 Å². The standard InChI is InChI=1S/C20H32N4O2/c1-13-10-24(11-14(2)26-13)19-16-12-23(18(25)9-20(4,5)6)8-7-17(16)21-15(3)22-19/h13-14H,7-12H2,1-6H3. The molecule has 0 bridgehead atoms. The first kappa shape index (κ1) is 19.1. The smallest absolute Gasteiger partial charge is 0.223 e. The molecule has 3 rings (SSSR count). The van der Waals surface area contributed by atoms with Crippen LogP contribution in [-0.4, -0.2) is 52.6 Å². The molecule has 2 atom stereocenters. The molecule has 1 amide bonds. The number of hydrogen-bond acceptors (Lipinski definition) is 5. The molecule has 1 saturated heterocycles. The van der Waals surface area contributed by atoms with Crippen molar-refractivity contribution in [3.63, 3.8) is 0 Å². The van der Waals surface area contributed by atoms with E-state index in [0.717, 1.165) is 49.0 Å². The molecule has 144 valence electrons. The van der Waals surface area contributed by atoms with Crippen LogP contribution < -0.4 is 4.90 Å². The summed E-state index contributed by atoms with van der Waals surface area (Å²) >= 11 is 0. The number of ether oxygens (including phenoxy) is 1. The molecule has 1 aromatic rings. The molecule has 2 aliphatic rings. The van der Waals surface area contributed by atoms with E-state index in [-0.39, 0.29) is 23.5 Å². The van der Waals surface area contributed by atoms with Crippen molar-refractivity contribution in [3.05, 3.63) is 17.1 Å². The van der Waals surface area contributed by atoms with Crippen LogP contribution in [0.5, 0.6) is 0 Å². The number of amides is 1. The molecule has 2 unspecified atom stereocenters. The van der Waals surface area contributed by atoms with Gasteiger partial charge >= 0.3 is 0 Å². The van der Waals surface area contributed by atoms with Crippen molar-refractivity contribution in [2.75, 3.05) is 24.5 Å². The minimum absolute atomic E-state index is 0.000953. The molecule has 1 aromatic heterocycles. The lowest BCUT2D eigenvalue weighted by Gasteiger charge is -2.39. The second-order valence-corrected chi connectivity index (χ2v) is 8.98. The van der Waals surface area contributed by atoms with Crippen molar-refractivity contribution in [1.82, 2.24) is 14.9 Å². The third-order valence-corrected chi connectivity index (χ3v) is 4.90. The fraction of sp³-hybridized carbons (Fsp3) is 0.750. The normalized spacial score (nSPS) is 23.8. The summed E-state index contributed by atoms with van der Waals surface area (Å²) in [4.78, 5) is 26.5. The highest BCUT2D eigenvalue weighted by molar-refractivity contribution is 5.77. The lowest BCUT2D eigenvalue weighted by molar-refractivity contribution is -0.134. The summed E-state index contributed by atoms with van der Waals surface area (Å²) < 4.78 is 5.88. The summed E-state index contributed by atoms with van der Waals surface area (Å²) in [5.41, 5.74) is 2.21. The van der Waals surface area contributed by atoms with Gasteiger partial charge in [0.15, 0.2) is 0 Å². The minimum atomic E-state index is -0.000953. The predicted molar refractivity (Wildman–Crippen MR) is 102 cm³/mol. The average Bonchev–Trinajstić information content (AvgIpc) is 2.51. The SMILES string of the molecule is Cc1nc2c(c(N3CC(C)OC(C)C3)n1)CN(C(=O)CC(C)(C)C)CC2. The van der Waals surface area contributed by atoms with Gasteiger partial charge in [0, 0.05) is 38.0 Å². The summed E-state index contributed by atoms with van der Waals surface area (Å²) in [6, 6.07) is 0. The molecule has 0 radical (unpaired) electrons. The number of nitrogens with zero attached hydrogens (tertiary/aromatic N) is 4. The summed E-state index contributed by atoms with van der Waals surface area (Å²) in [6.45, 7) is 15.5. The first-order valence-electron chi connectivity index (χ1n) is 9.67. The third kappa shape index (κ3) is 4.34. The van der Waals surface area contributed by atoms with Crippen LogP contribution in [0.25, 0.3) is 0 Å². The summed E-state index contributed by atoms with van der Waals surface area (Å²) in [7, 11) is 0. The maximum absolute atomic E-state index is 12.7. The highest BCUT2D eigenvalue weighted by Gasteiger charge is 2.31. The zero-order valence-corrected chi connectivity index (χ0v) is 17.0. The van der Waals surface area contributed by atoms with Gasteiger partial charge < -0.3 is 14.5 Å². The van der Waals surface area contributed by atoms with Crippen molar-refractivity contribution in [1.29, 1.82) is 0 Å². The highest BCUT2D eigenvalue weighted by atomic mass is 16.5. The van der Waals surface area contributed by atoms with Crippen LogP contribution in [0.15, 0.2) is 0 Å². The van der Waals surface area contributed by atoms with Crippen LogP contribution in [0.1, 0.15) is 58.1 Å². The fourth-order valence-corrected chi connectivity index (χ4v) is 3.91. The molecule has 0 saturated carbocycles. The number of carbonyl (C=O) groups is 1. The Balaban J connectivity index is 1.87. The summed E-state index contributed by atoms with van der Waals surface area (Å²) in [5.74, 6) is 2.01. The number of rotatable bonds is 2. The largest absolute Gasteiger partial charge is 0.372 e. The Morgan fingerprint density at radius 2 is 1.85 bits per heavy atom. The van der Waals surface area contributed by atoms with Crippen molar-refractivity contribution in [2.45, 2.75) is 73.1 Å². The number of anilines is 1. The van der Waals surface area contributed by atoms with E-state index in [4.69, 9.17) is 9.72 Å². The van der Waals surface area contributed by atoms with Gasteiger partial charge in [-0.1, -0.05) is 20.8 Å². The number of aromatic nitrogens is 2. The van der Waals surface area contributed by atoms with Crippen LogP contribution in [0.3, 0.4) is 0 Å². The molecule has 2 aliphatic heterocycles. The molecule has 0 aromatic carbocycles. The van der Waals surface area contributed by atoms with Gasteiger partial charge in [0.05, 0.1) is 24.4 Å². The van der Waals surface area contributed by atoms with E-state index < -0.39 is 0 Å². The number of morpholine rings is 1. The Hall–Kier alpha value is -1.69. The van der Waals surface area contributed by atoms with E-state index in [9.17, 15) is 4.79 Å². The molecule has 6 nitrogen and oxygen atoms in total. The van der Waals surface area contributed by atoms with Crippen LogP contribution in [0.4, 0.5) is 5.82 Å². The van der Waals surface area contributed by atoms with E-state index in [1.807, 2.05) is 11.8 Å². The zero-order valence-electron chi connectivity index (χ0n) is 17.0. The van der Waals surface area contributed by atoms with E-state index in [1.54, 1.807) is 0 Å². The molecule has 6 heteroatoms. The van der Waals surface area contributed by atoms with E-state index in [0.29, 0.717) is 13.0 Å². The third-order valence-electron chi connectivity index (χ3n) is 4.90. The Kier molecular flexibility index (Phi) is 5.24. The van der Waals surface area contributed by atoms with Crippen molar-refractivity contribution >= 4 is 11.7 Å². The van der Waals surface area contributed by atoms with Crippen LogP contribution in [0, 0.1) is 12.3 Å². The monoisotopic (exact) mass is 360 g/mol. The molecular formula is C20H32N4O2. The first-order chi connectivity index (χ1) is 12.1.